The van der Waals surface area contributed by atoms with Gasteiger partial charge in [-0.15, -0.1) is 0 Å². The van der Waals surface area contributed by atoms with Gasteiger partial charge < -0.3 is 4.90 Å². The molecule has 0 saturated heterocycles. The first kappa shape index (κ1) is 34.3. The van der Waals surface area contributed by atoms with Crippen LogP contribution in [0.4, 0.5) is 11.4 Å². The molecule has 1 heteroatoms. The maximum atomic E-state index is 2.43. The average molecular weight is 742 g/mol. The molecule has 1 aliphatic rings. The fourth-order valence-corrected chi connectivity index (χ4v) is 10.0. The van der Waals surface area contributed by atoms with E-state index in [0.717, 1.165) is 12.8 Å². The van der Waals surface area contributed by atoms with Gasteiger partial charge in [-0.2, -0.15) is 0 Å². The van der Waals surface area contributed by atoms with Crippen LogP contribution in [0.5, 0.6) is 0 Å². The molecule has 0 saturated carbocycles. The molecule has 0 bridgehead atoms. The van der Waals surface area contributed by atoms with Crippen LogP contribution >= 0.6 is 0 Å². The van der Waals surface area contributed by atoms with Crippen LogP contribution in [0.3, 0.4) is 0 Å². The molecule has 0 aromatic heterocycles. The van der Waals surface area contributed by atoms with Crippen molar-refractivity contribution in [2.45, 2.75) is 26.7 Å². The highest BCUT2D eigenvalue weighted by Gasteiger charge is 2.21. The van der Waals surface area contributed by atoms with E-state index in [1.807, 2.05) is 0 Å². The lowest BCUT2D eigenvalue weighted by atomic mass is 9.88. The lowest BCUT2D eigenvalue weighted by Gasteiger charge is -2.23. The van der Waals surface area contributed by atoms with Gasteiger partial charge in [-0.3, -0.25) is 0 Å². The number of anilines is 2. The standard InChI is InChI=1S/C57H43N/c1-36-46-18-4-8-22-50(46)56(51-23-9-5-19-47(36)51)44-16-12-14-38(34-44)40-28-30-54-42(32-40)26-27-43-33-41(29-31-55(43)58(54)3)39-15-13-17-45(35-39)57-52-24-10-6-20-48(52)37(2)49-21-7-11-25-53(49)57/h4-25,28-35H,26-27H2,1-3H3. The number of hydrogen-bond donors (Lipinski definition) is 0. The second kappa shape index (κ2) is 13.6. The third-order valence-electron chi connectivity index (χ3n) is 12.9. The summed E-state index contributed by atoms with van der Waals surface area (Å²) in [4.78, 5) is 2.40. The van der Waals surface area contributed by atoms with Crippen molar-refractivity contribution in [1.82, 2.24) is 0 Å². The largest absolute Gasteiger partial charge is 0.344 e. The molecule has 0 atom stereocenters. The van der Waals surface area contributed by atoms with Gasteiger partial charge in [0.05, 0.1) is 0 Å². The molecular formula is C57H43N. The number of aryl methyl sites for hydroxylation is 4. The van der Waals surface area contributed by atoms with Crippen molar-refractivity contribution >= 4 is 54.5 Å². The molecule has 10 aromatic carbocycles. The molecule has 11 rings (SSSR count). The van der Waals surface area contributed by atoms with Crippen molar-refractivity contribution in [2.75, 3.05) is 11.9 Å². The summed E-state index contributed by atoms with van der Waals surface area (Å²) in [6.45, 7) is 4.51. The van der Waals surface area contributed by atoms with Gasteiger partial charge in [0.25, 0.3) is 0 Å². The Hall–Kier alpha value is -6.96. The second-order valence-corrected chi connectivity index (χ2v) is 16.1. The topological polar surface area (TPSA) is 3.24 Å². The number of nitrogens with zero attached hydrogens (tertiary/aromatic N) is 1. The molecule has 0 aliphatic carbocycles. The molecule has 0 unspecified atom stereocenters. The van der Waals surface area contributed by atoms with E-state index in [2.05, 4.69) is 208 Å². The summed E-state index contributed by atoms with van der Waals surface area (Å²) in [6.07, 6.45) is 1.97. The molecule has 1 heterocycles. The number of hydrogen-bond acceptors (Lipinski definition) is 1. The Morgan fingerprint density at radius 1 is 0.310 bits per heavy atom. The first-order chi connectivity index (χ1) is 28.5. The minimum atomic E-state index is 0.984. The molecule has 58 heavy (non-hydrogen) atoms. The summed E-state index contributed by atoms with van der Waals surface area (Å²) >= 11 is 0. The minimum absolute atomic E-state index is 0.984. The molecule has 276 valence electrons. The Bertz CT molecular complexity index is 2940. The van der Waals surface area contributed by atoms with Crippen LogP contribution in [0, 0.1) is 13.8 Å². The summed E-state index contributed by atoms with van der Waals surface area (Å²) in [6, 6.07) is 67.9. The van der Waals surface area contributed by atoms with Crippen molar-refractivity contribution in [3.63, 3.8) is 0 Å². The van der Waals surface area contributed by atoms with Crippen molar-refractivity contribution in [1.29, 1.82) is 0 Å². The van der Waals surface area contributed by atoms with Gasteiger partial charge in [-0.05, 0) is 173 Å². The Labute approximate surface area is 340 Å². The van der Waals surface area contributed by atoms with E-state index in [1.165, 1.54) is 121 Å². The maximum Gasteiger partial charge on any atom is 0.0441 e. The van der Waals surface area contributed by atoms with Crippen LogP contribution in [-0.4, -0.2) is 7.05 Å². The first-order valence-corrected chi connectivity index (χ1v) is 20.5. The van der Waals surface area contributed by atoms with Crippen LogP contribution in [0.1, 0.15) is 22.3 Å². The third kappa shape index (κ3) is 5.45. The molecule has 1 aliphatic heterocycles. The van der Waals surface area contributed by atoms with Gasteiger partial charge in [0.2, 0.25) is 0 Å². The summed E-state index contributed by atoms with van der Waals surface area (Å²) in [5.74, 6) is 0. The Kier molecular flexibility index (Phi) is 8.05. The molecule has 1 nitrogen and oxygen atoms in total. The van der Waals surface area contributed by atoms with Crippen LogP contribution in [-0.2, 0) is 12.8 Å². The smallest absolute Gasteiger partial charge is 0.0441 e. The number of benzene rings is 10. The first-order valence-electron chi connectivity index (χ1n) is 20.5. The molecule has 0 spiro atoms. The highest BCUT2D eigenvalue weighted by atomic mass is 15.1. The van der Waals surface area contributed by atoms with E-state index in [-0.39, 0.29) is 0 Å². The highest BCUT2D eigenvalue weighted by molar-refractivity contribution is 6.16. The fourth-order valence-electron chi connectivity index (χ4n) is 10.0. The summed E-state index contributed by atoms with van der Waals surface area (Å²) < 4.78 is 0. The van der Waals surface area contributed by atoms with Crippen LogP contribution in [0.25, 0.3) is 87.6 Å². The van der Waals surface area contributed by atoms with E-state index in [1.54, 1.807) is 0 Å². The molecule has 0 fully saturated rings. The Balaban J connectivity index is 0.940. The molecule has 0 radical (unpaired) electrons. The van der Waals surface area contributed by atoms with Crippen LogP contribution < -0.4 is 4.90 Å². The zero-order chi connectivity index (χ0) is 38.9. The lowest BCUT2D eigenvalue weighted by molar-refractivity contribution is 0.978. The van der Waals surface area contributed by atoms with Gasteiger partial charge in [0.15, 0.2) is 0 Å². The van der Waals surface area contributed by atoms with Gasteiger partial charge in [0.1, 0.15) is 0 Å². The molecule has 10 aromatic rings. The molecule has 0 N–H and O–H groups in total. The number of fused-ring (bicyclic) bond motifs is 6. The maximum absolute atomic E-state index is 2.43. The van der Waals surface area contributed by atoms with Crippen molar-refractivity contribution in [2.24, 2.45) is 0 Å². The van der Waals surface area contributed by atoms with Crippen molar-refractivity contribution in [3.8, 4) is 44.5 Å². The summed E-state index contributed by atoms with van der Waals surface area (Å²) in [5, 5.41) is 10.5. The van der Waals surface area contributed by atoms with E-state index >= 15 is 0 Å². The second-order valence-electron chi connectivity index (χ2n) is 16.1. The summed E-state index contributed by atoms with van der Waals surface area (Å²) in [7, 11) is 2.23. The van der Waals surface area contributed by atoms with Crippen molar-refractivity contribution in [3.05, 3.63) is 204 Å². The zero-order valence-corrected chi connectivity index (χ0v) is 33.2. The van der Waals surface area contributed by atoms with Crippen LogP contribution in [0.15, 0.2) is 182 Å². The van der Waals surface area contributed by atoms with Crippen LogP contribution in [0.2, 0.25) is 0 Å². The third-order valence-corrected chi connectivity index (χ3v) is 12.9. The quantitative estimate of drug-likeness (QED) is 0.162. The SMILES string of the molecule is Cc1c2ccccc2c(-c2cccc(-c3ccc4c(c3)CCc3cc(-c5cccc(-c6c7ccccc7c(C)c7ccccc67)c5)ccc3N4C)c2)c2ccccc12. The lowest BCUT2D eigenvalue weighted by Crippen LogP contribution is -2.11. The highest BCUT2D eigenvalue weighted by Crippen LogP contribution is 2.44. The monoisotopic (exact) mass is 741 g/mol. The Morgan fingerprint density at radius 2 is 0.621 bits per heavy atom. The van der Waals surface area contributed by atoms with Gasteiger partial charge in [-0.1, -0.05) is 146 Å². The zero-order valence-electron chi connectivity index (χ0n) is 33.2. The van der Waals surface area contributed by atoms with E-state index in [0.29, 0.717) is 0 Å². The molecule has 0 amide bonds. The van der Waals surface area contributed by atoms with Gasteiger partial charge in [-0.25, -0.2) is 0 Å². The van der Waals surface area contributed by atoms with E-state index in [9.17, 15) is 0 Å². The van der Waals surface area contributed by atoms with Gasteiger partial charge >= 0.3 is 0 Å². The van der Waals surface area contributed by atoms with Crippen molar-refractivity contribution < 1.29 is 0 Å². The summed E-state index contributed by atoms with van der Waals surface area (Å²) in [5.41, 5.74) is 18.1. The molecular weight excluding hydrogens is 699 g/mol. The fraction of sp³-hybridized carbons (Fsp3) is 0.0877. The van der Waals surface area contributed by atoms with E-state index < -0.39 is 0 Å². The Morgan fingerprint density at radius 3 is 0.983 bits per heavy atom. The predicted molar refractivity (Wildman–Crippen MR) is 250 cm³/mol. The normalized spacial score (nSPS) is 12.6. The average Bonchev–Trinajstić information content (AvgIpc) is 3.42. The predicted octanol–water partition coefficient (Wildman–Crippen LogP) is 15.5. The van der Waals surface area contributed by atoms with E-state index in [4.69, 9.17) is 0 Å². The number of rotatable bonds is 4. The minimum Gasteiger partial charge on any atom is -0.344 e. The van der Waals surface area contributed by atoms with Gasteiger partial charge in [0, 0.05) is 18.4 Å².